The van der Waals surface area contributed by atoms with Crippen molar-refractivity contribution in [3.8, 4) is 5.75 Å². The quantitative estimate of drug-likeness (QED) is 0.706. The minimum absolute atomic E-state index is 0.00387. The van der Waals surface area contributed by atoms with Gasteiger partial charge in [0.2, 0.25) is 5.91 Å². The summed E-state index contributed by atoms with van der Waals surface area (Å²) in [6.45, 7) is 1.01. The number of aryl methyl sites for hydroxylation is 1. The van der Waals surface area contributed by atoms with Crippen LogP contribution in [0.1, 0.15) is 35.2 Å². The summed E-state index contributed by atoms with van der Waals surface area (Å²) in [5.74, 6) is -0.0400. The van der Waals surface area contributed by atoms with E-state index in [4.69, 9.17) is 4.74 Å². The second-order valence-corrected chi connectivity index (χ2v) is 7.94. The number of methoxy groups -OCH3 is 1. The molecule has 0 aromatic heterocycles. The van der Waals surface area contributed by atoms with E-state index in [9.17, 15) is 14.0 Å². The fraction of sp³-hybridized carbons (Fsp3) is 0.364. The van der Waals surface area contributed by atoms with Gasteiger partial charge in [-0.25, -0.2) is 4.39 Å². The predicted molar refractivity (Wildman–Crippen MR) is 112 cm³/mol. The van der Waals surface area contributed by atoms with Crippen LogP contribution in [-0.2, 0) is 11.2 Å². The highest BCUT2D eigenvalue weighted by Gasteiger charge is 2.25. The number of hydrogen-bond donors (Lipinski definition) is 1. The Balaban J connectivity index is 1.44. The summed E-state index contributed by atoms with van der Waals surface area (Å²) < 4.78 is 19.9. The third-order valence-corrected chi connectivity index (χ3v) is 5.73. The Hall–Kier alpha value is -2.41. The zero-order valence-corrected chi connectivity index (χ0v) is 17.9. The van der Waals surface area contributed by atoms with Gasteiger partial charge in [-0.2, -0.15) is 0 Å². The SMILES string of the molecule is COc1ccc(CCC(=O)NC2CCN(C(=O)c3ccccc3F)CC2)cc1Br. The molecule has 29 heavy (non-hydrogen) atoms. The van der Waals surface area contributed by atoms with Gasteiger partial charge in [-0.1, -0.05) is 18.2 Å². The number of rotatable bonds is 6. The molecule has 2 aromatic rings. The maximum Gasteiger partial charge on any atom is 0.256 e. The van der Waals surface area contributed by atoms with Crippen LogP contribution in [0.25, 0.3) is 0 Å². The number of carbonyl (C=O) groups is 2. The average Bonchev–Trinajstić information content (AvgIpc) is 2.73. The highest BCUT2D eigenvalue weighted by molar-refractivity contribution is 9.10. The Kier molecular flexibility index (Phi) is 7.25. The molecule has 1 aliphatic heterocycles. The lowest BCUT2D eigenvalue weighted by atomic mass is 10.0. The van der Waals surface area contributed by atoms with E-state index >= 15 is 0 Å². The molecule has 0 saturated carbocycles. The molecule has 2 amide bonds. The van der Waals surface area contributed by atoms with Gasteiger partial charge in [0.1, 0.15) is 11.6 Å². The molecule has 0 bridgehead atoms. The third kappa shape index (κ3) is 5.56. The molecule has 0 atom stereocenters. The smallest absolute Gasteiger partial charge is 0.256 e. The van der Waals surface area contributed by atoms with E-state index in [2.05, 4.69) is 21.2 Å². The summed E-state index contributed by atoms with van der Waals surface area (Å²) in [6, 6.07) is 11.8. The summed E-state index contributed by atoms with van der Waals surface area (Å²) in [4.78, 5) is 26.4. The van der Waals surface area contributed by atoms with Gasteiger partial charge in [0.05, 0.1) is 17.1 Å². The fourth-order valence-electron chi connectivity index (χ4n) is 3.46. The summed E-state index contributed by atoms with van der Waals surface area (Å²) in [5.41, 5.74) is 1.15. The molecular weight excluding hydrogens is 439 g/mol. The Morgan fingerprint density at radius 1 is 1.21 bits per heavy atom. The van der Waals surface area contributed by atoms with Crippen molar-refractivity contribution in [2.75, 3.05) is 20.2 Å². The van der Waals surface area contributed by atoms with Crippen molar-refractivity contribution in [1.82, 2.24) is 10.2 Å². The molecule has 5 nitrogen and oxygen atoms in total. The van der Waals surface area contributed by atoms with E-state index in [1.807, 2.05) is 18.2 Å². The minimum atomic E-state index is -0.502. The normalized spacial score (nSPS) is 14.5. The number of benzene rings is 2. The largest absolute Gasteiger partial charge is 0.496 e. The first kappa shape index (κ1) is 21.3. The maximum absolute atomic E-state index is 13.8. The van der Waals surface area contributed by atoms with E-state index < -0.39 is 5.82 Å². The van der Waals surface area contributed by atoms with Gasteiger partial charge in [0.25, 0.3) is 5.91 Å². The van der Waals surface area contributed by atoms with Gasteiger partial charge in [0.15, 0.2) is 0 Å². The molecule has 1 saturated heterocycles. The first-order chi connectivity index (χ1) is 14.0. The van der Waals surface area contributed by atoms with Crippen LogP contribution in [-0.4, -0.2) is 43.0 Å². The van der Waals surface area contributed by atoms with E-state index in [-0.39, 0.29) is 23.4 Å². The average molecular weight is 463 g/mol. The van der Waals surface area contributed by atoms with Gasteiger partial charge in [-0.15, -0.1) is 0 Å². The van der Waals surface area contributed by atoms with E-state index in [1.165, 1.54) is 12.1 Å². The van der Waals surface area contributed by atoms with E-state index in [0.717, 1.165) is 15.8 Å². The lowest BCUT2D eigenvalue weighted by Gasteiger charge is -2.32. The van der Waals surface area contributed by atoms with Crippen LogP contribution in [0.5, 0.6) is 5.75 Å². The molecule has 0 radical (unpaired) electrons. The van der Waals surface area contributed by atoms with E-state index in [0.29, 0.717) is 38.8 Å². The van der Waals surface area contributed by atoms with Crippen molar-refractivity contribution in [3.63, 3.8) is 0 Å². The van der Waals surface area contributed by atoms with Crippen LogP contribution >= 0.6 is 15.9 Å². The van der Waals surface area contributed by atoms with Crippen molar-refractivity contribution < 1.29 is 18.7 Å². The molecule has 1 heterocycles. The van der Waals surface area contributed by atoms with Gasteiger partial charge in [0, 0.05) is 25.6 Å². The number of halogens is 2. The molecule has 3 rings (SSSR count). The van der Waals surface area contributed by atoms with Crippen LogP contribution in [0, 0.1) is 5.82 Å². The molecule has 7 heteroatoms. The number of hydrogen-bond acceptors (Lipinski definition) is 3. The summed E-state index contributed by atoms with van der Waals surface area (Å²) >= 11 is 3.45. The first-order valence-corrected chi connectivity index (χ1v) is 10.4. The molecular formula is C22H24BrFN2O3. The Morgan fingerprint density at radius 3 is 2.59 bits per heavy atom. The third-order valence-electron chi connectivity index (χ3n) is 5.11. The van der Waals surface area contributed by atoms with Crippen molar-refractivity contribution in [2.24, 2.45) is 0 Å². The molecule has 1 N–H and O–H groups in total. The molecule has 1 fully saturated rings. The molecule has 2 aromatic carbocycles. The number of carbonyl (C=O) groups excluding carboxylic acids is 2. The van der Waals surface area contributed by atoms with Gasteiger partial charge in [-0.3, -0.25) is 9.59 Å². The van der Waals surface area contributed by atoms with Crippen molar-refractivity contribution in [1.29, 1.82) is 0 Å². The van der Waals surface area contributed by atoms with Crippen LogP contribution < -0.4 is 10.1 Å². The lowest BCUT2D eigenvalue weighted by Crippen LogP contribution is -2.46. The van der Waals surface area contributed by atoms with Crippen molar-refractivity contribution >= 4 is 27.7 Å². The Morgan fingerprint density at radius 2 is 1.93 bits per heavy atom. The second-order valence-electron chi connectivity index (χ2n) is 7.08. The number of ether oxygens (including phenoxy) is 1. The zero-order valence-electron chi connectivity index (χ0n) is 16.3. The fourth-order valence-corrected chi connectivity index (χ4v) is 4.04. The van der Waals surface area contributed by atoms with Gasteiger partial charge < -0.3 is 15.0 Å². The molecule has 0 aliphatic carbocycles. The second kappa shape index (κ2) is 9.87. The molecule has 0 spiro atoms. The van der Waals surface area contributed by atoms with Crippen molar-refractivity contribution in [2.45, 2.75) is 31.7 Å². The van der Waals surface area contributed by atoms with E-state index in [1.54, 1.807) is 24.1 Å². The van der Waals surface area contributed by atoms with Gasteiger partial charge in [-0.05, 0) is 65.0 Å². The standard InChI is InChI=1S/C22H24BrFN2O3/c1-29-20-8-6-15(14-18(20)23)7-9-21(27)25-16-10-12-26(13-11-16)22(28)17-4-2-3-5-19(17)24/h2-6,8,14,16H,7,9-13H2,1H3,(H,25,27). The molecule has 0 unspecified atom stereocenters. The Labute approximate surface area is 178 Å². The highest BCUT2D eigenvalue weighted by Crippen LogP contribution is 2.26. The predicted octanol–water partition coefficient (Wildman–Crippen LogP) is 3.95. The lowest BCUT2D eigenvalue weighted by molar-refractivity contribution is -0.122. The number of piperidine rings is 1. The monoisotopic (exact) mass is 462 g/mol. The number of nitrogens with zero attached hydrogens (tertiary/aromatic N) is 1. The highest BCUT2D eigenvalue weighted by atomic mass is 79.9. The number of nitrogens with one attached hydrogen (secondary N) is 1. The van der Waals surface area contributed by atoms with Crippen LogP contribution in [0.3, 0.4) is 0 Å². The molecule has 1 aliphatic rings. The summed E-state index contributed by atoms with van der Waals surface area (Å²) in [5, 5.41) is 3.05. The van der Waals surface area contributed by atoms with Crippen LogP contribution in [0.2, 0.25) is 0 Å². The maximum atomic E-state index is 13.8. The summed E-state index contributed by atoms with van der Waals surface area (Å²) in [6.07, 6.45) is 2.37. The van der Waals surface area contributed by atoms with Crippen LogP contribution in [0.15, 0.2) is 46.9 Å². The van der Waals surface area contributed by atoms with Gasteiger partial charge >= 0.3 is 0 Å². The summed E-state index contributed by atoms with van der Waals surface area (Å²) in [7, 11) is 1.61. The molecule has 154 valence electrons. The van der Waals surface area contributed by atoms with Crippen molar-refractivity contribution in [3.05, 3.63) is 63.9 Å². The van der Waals surface area contributed by atoms with Crippen LogP contribution in [0.4, 0.5) is 4.39 Å². The number of amides is 2. The zero-order chi connectivity index (χ0) is 20.8. The Bertz CT molecular complexity index is 882. The minimum Gasteiger partial charge on any atom is -0.496 e. The topological polar surface area (TPSA) is 58.6 Å². The first-order valence-electron chi connectivity index (χ1n) is 9.63. The number of likely N-dealkylation sites (tertiary alicyclic amines) is 1.